The van der Waals surface area contributed by atoms with Gasteiger partial charge in [-0.3, -0.25) is 4.72 Å². The Morgan fingerprint density at radius 3 is 2.47 bits per heavy atom. The molecular weight excluding hydrogens is 416 g/mol. The third kappa shape index (κ3) is 3.31. The SMILES string of the molecule is Cc1cc(S(=O)(=O)Nc2ccc(Br)cc2N)sc1Br. The van der Waals surface area contributed by atoms with Crippen molar-refractivity contribution in [3.8, 4) is 0 Å². The van der Waals surface area contributed by atoms with Gasteiger partial charge >= 0.3 is 0 Å². The second-order valence-electron chi connectivity index (χ2n) is 3.86. The smallest absolute Gasteiger partial charge is 0.271 e. The van der Waals surface area contributed by atoms with E-state index in [1.807, 2.05) is 6.92 Å². The molecule has 2 aromatic rings. The van der Waals surface area contributed by atoms with Crippen LogP contribution in [0.25, 0.3) is 0 Å². The van der Waals surface area contributed by atoms with Crippen LogP contribution in [0.4, 0.5) is 11.4 Å². The highest BCUT2D eigenvalue weighted by atomic mass is 79.9. The summed E-state index contributed by atoms with van der Waals surface area (Å²) in [5.41, 5.74) is 7.39. The summed E-state index contributed by atoms with van der Waals surface area (Å²) in [5, 5.41) is 0. The molecule has 0 spiro atoms. The van der Waals surface area contributed by atoms with E-state index in [0.29, 0.717) is 11.4 Å². The summed E-state index contributed by atoms with van der Waals surface area (Å²) >= 11 is 7.75. The Morgan fingerprint density at radius 2 is 1.95 bits per heavy atom. The van der Waals surface area contributed by atoms with E-state index in [0.717, 1.165) is 13.8 Å². The van der Waals surface area contributed by atoms with Crippen molar-refractivity contribution in [2.24, 2.45) is 0 Å². The van der Waals surface area contributed by atoms with Crippen molar-refractivity contribution in [1.29, 1.82) is 0 Å². The molecule has 0 fully saturated rings. The van der Waals surface area contributed by atoms with E-state index in [1.54, 1.807) is 24.3 Å². The Hall–Kier alpha value is -0.570. The third-order valence-electron chi connectivity index (χ3n) is 2.36. The largest absolute Gasteiger partial charge is 0.397 e. The lowest BCUT2D eigenvalue weighted by Crippen LogP contribution is -2.12. The van der Waals surface area contributed by atoms with Gasteiger partial charge in [-0.25, -0.2) is 8.42 Å². The quantitative estimate of drug-likeness (QED) is 0.730. The summed E-state index contributed by atoms with van der Waals surface area (Å²) in [6, 6.07) is 6.61. The monoisotopic (exact) mass is 424 g/mol. The van der Waals surface area contributed by atoms with Crippen LogP contribution in [0, 0.1) is 6.92 Å². The fourth-order valence-corrected chi connectivity index (χ4v) is 5.08. The third-order valence-corrected chi connectivity index (χ3v) is 6.83. The Labute approximate surface area is 132 Å². The molecule has 1 heterocycles. The van der Waals surface area contributed by atoms with E-state index < -0.39 is 10.0 Å². The minimum atomic E-state index is -3.61. The van der Waals surface area contributed by atoms with Crippen LogP contribution in [0.15, 0.2) is 36.7 Å². The van der Waals surface area contributed by atoms with Gasteiger partial charge in [0.1, 0.15) is 4.21 Å². The molecule has 4 nitrogen and oxygen atoms in total. The first-order valence-electron chi connectivity index (χ1n) is 5.13. The van der Waals surface area contributed by atoms with E-state index in [1.165, 1.54) is 11.3 Å². The number of halogens is 2. The van der Waals surface area contributed by atoms with Gasteiger partial charge in [-0.1, -0.05) is 15.9 Å². The fourth-order valence-electron chi connectivity index (χ4n) is 1.39. The number of nitrogens with two attached hydrogens (primary N) is 1. The van der Waals surface area contributed by atoms with Crippen molar-refractivity contribution in [1.82, 2.24) is 0 Å². The molecule has 19 heavy (non-hydrogen) atoms. The Kier molecular flexibility index (Phi) is 4.24. The summed E-state index contributed by atoms with van der Waals surface area (Å²) < 4.78 is 28.8. The van der Waals surface area contributed by atoms with Gasteiger partial charge in [-0.15, -0.1) is 11.3 Å². The number of thiophene rings is 1. The maximum Gasteiger partial charge on any atom is 0.271 e. The van der Waals surface area contributed by atoms with Gasteiger partial charge in [0.2, 0.25) is 0 Å². The lowest BCUT2D eigenvalue weighted by atomic mass is 10.3. The molecule has 3 N–H and O–H groups in total. The van der Waals surface area contributed by atoms with Crippen LogP contribution < -0.4 is 10.5 Å². The molecule has 0 aliphatic carbocycles. The standard InChI is InChI=1S/C11H10Br2N2O2S2/c1-6-4-10(18-11(6)13)19(16,17)15-9-3-2-7(12)5-8(9)14/h2-5,15H,14H2,1H3. The van der Waals surface area contributed by atoms with E-state index in [9.17, 15) is 8.42 Å². The van der Waals surface area contributed by atoms with Gasteiger partial charge in [-0.05, 0) is 52.7 Å². The molecule has 0 atom stereocenters. The normalized spacial score (nSPS) is 11.5. The number of hydrogen-bond acceptors (Lipinski definition) is 4. The van der Waals surface area contributed by atoms with Crippen LogP contribution in [0.2, 0.25) is 0 Å². The van der Waals surface area contributed by atoms with E-state index >= 15 is 0 Å². The first-order valence-corrected chi connectivity index (χ1v) is 9.02. The molecule has 0 bridgehead atoms. The molecular formula is C11H10Br2N2O2S2. The summed E-state index contributed by atoms with van der Waals surface area (Å²) in [4.78, 5) is 0. The number of benzene rings is 1. The lowest BCUT2D eigenvalue weighted by molar-refractivity contribution is 0.603. The van der Waals surface area contributed by atoms with Gasteiger partial charge in [0.15, 0.2) is 0 Å². The summed E-state index contributed by atoms with van der Waals surface area (Å²) in [6.07, 6.45) is 0. The topological polar surface area (TPSA) is 72.2 Å². The molecule has 2 rings (SSSR count). The summed E-state index contributed by atoms with van der Waals surface area (Å²) in [5.74, 6) is 0. The van der Waals surface area contributed by atoms with Crippen LogP contribution in [0.5, 0.6) is 0 Å². The van der Waals surface area contributed by atoms with Crippen LogP contribution in [0.3, 0.4) is 0 Å². The van der Waals surface area contributed by atoms with Gasteiger partial charge in [0, 0.05) is 4.47 Å². The molecule has 0 aliphatic heterocycles. The summed E-state index contributed by atoms with van der Waals surface area (Å²) in [6.45, 7) is 1.84. The minimum Gasteiger partial charge on any atom is -0.397 e. The maximum absolute atomic E-state index is 12.2. The molecule has 0 radical (unpaired) electrons. The van der Waals surface area contributed by atoms with E-state index in [-0.39, 0.29) is 4.21 Å². The van der Waals surface area contributed by atoms with Crippen LogP contribution in [-0.2, 0) is 10.0 Å². The number of rotatable bonds is 3. The zero-order valence-electron chi connectivity index (χ0n) is 9.78. The van der Waals surface area contributed by atoms with Gasteiger partial charge < -0.3 is 5.73 Å². The second-order valence-corrected chi connectivity index (χ2v) is 9.05. The molecule has 0 saturated carbocycles. The lowest BCUT2D eigenvalue weighted by Gasteiger charge is -2.09. The van der Waals surface area contributed by atoms with E-state index in [4.69, 9.17) is 5.73 Å². The predicted octanol–water partition coefficient (Wildman–Crippen LogP) is 3.96. The average Bonchev–Trinajstić information content (AvgIpc) is 2.64. The van der Waals surface area contributed by atoms with Gasteiger partial charge in [0.25, 0.3) is 10.0 Å². The minimum absolute atomic E-state index is 0.249. The molecule has 0 unspecified atom stereocenters. The van der Waals surface area contributed by atoms with E-state index in [2.05, 4.69) is 36.6 Å². The Morgan fingerprint density at radius 1 is 1.26 bits per heavy atom. The highest BCUT2D eigenvalue weighted by Gasteiger charge is 2.19. The fraction of sp³-hybridized carbons (Fsp3) is 0.0909. The molecule has 0 amide bonds. The van der Waals surface area contributed by atoms with Crippen LogP contribution in [-0.4, -0.2) is 8.42 Å². The Bertz CT molecular complexity index is 707. The van der Waals surface area contributed by atoms with Crippen molar-refractivity contribution >= 4 is 64.6 Å². The number of nitrogen functional groups attached to an aromatic ring is 1. The van der Waals surface area contributed by atoms with Crippen molar-refractivity contribution in [2.75, 3.05) is 10.5 Å². The number of nitrogens with one attached hydrogen (secondary N) is 1. The molecule has 8 heteroatoms. The number of anilines is 2. The predicted molar refractivity (Wildman–Crippen MR) is 86.1 cm³/mol. The number of sulfonamides is 1. The molecule has 1 aromatic carbocycles. The number of hydrogen-bond donors (Lipinski definition) is 2. The molecule has 0 aliphatic rings. The first kappa shape index (κ1) is 14.8. The van der Waals surface area contributed by atoms with Crippen molar-refractivity contribution < 1.29 is 8.42 Å². The van der Waals surface area contributed by atoms with Crippen molar-refractivity contribution in [3.05, 3.63) is 38.1 Å². The van der Waals surface area contributed by atoms with Crippen molar-refractivity contribution in [3.63, 3.8) is 0 Å². The van der Waals surface area contributed by atoms with Crippen LogP contribution >= 0.6 is 43.2 Å². The first-order chi connectivity index (χ1) is 8.79. The zero-order valence-corrected chi connectivity index (χ0v) is 14.6. The summed E-state index contributed by atoms with van der Waals surface area (Å²) in [7, 11) is -3.61. The maximum atomic E-state index is 12.2. The van der Waals surface area contributed by atoms with Crippen LogP contribution in [0.1, 0.15) is 5.56 Å². The highest BCUT2D eigenvalue weighted by Crippen LogP contribution is 2.32. The van der Waals surface area contributed by atoms with Crippen molar-refractivity contribution in [2.45, 2.75) is 11.1 Å². The Balaban J connectivity index is 2.36. The second kappa shape index (κ2) is 5.43. The number of aryl methyl sites for hydroxylation is 1. The average molecular weight is 426 g/mol. The molecule has 102 valence electrons. The molecule has 0 saturated heterocycles. The molecule has 1 aromatic heterocycles. The van der Waals surface area contributed by atoms with Gasteiger partial charge in [-0.2, -0.15) is 0 Å². The zero-order chi connectivity index (χ0) is 14.2. The van der Waals surface area contributed by atoms with Gasteiger partial charge in [0.05, 0.1) is 15.2 Å². The highest BCUT2D eigenvalue weighted by molar-refractivity contribution is 9.11.